The number of aryl methyl sites for hydroxylation is 2. The molecule has 0 saturated heterocycles. The number of nitrogens with zero attached hydrogens (tertiary/aromatic N) is 2. The number of thioether (sulfide) groups is 1. The van der Waals surface area contributed by atoms with Crippen LogP contribution in [-0.2, 0) is 4.79 Å². The van der Waals surface area contributed by atoms with Crippen molar-refractivity contribution < 1.29 is 9.53 Å². The third-order valence-corrected chi connectivity index (χ3v) is 5.84. The van der Waals surface area contributed by atoms with E-state index in [1.807, 2.05) is 31.2 Å². The molecule has 1 N–H and O–H groups in total. The van der Waals surface area contributed by atoms with Crippen LogP contribution in [0.2, 0.25) is 0 Å². The molecule has 2 aromatic heterocycles. The van der Waals surface area contributed by atoms with Crippen molar-refractivity contribution in [2.45, 2.75) is 25.8 Å². The van der Waals surface area contributed by atoms with Crippen molar-refractivity contribution in [3.63, 3.8) is 0 Å². The number of anilines is 1. The van der Waals surface area contributed by atoms with Crippen molar-refractivity contribution in [2.24, 2.45) is 0 Å². The number of ether oxygens (including phenoxy) is 1. The van der Waals surface area contributed by atoms with Gasteiger partial charge < -0.3 is 10.1 Å². The quantitative estimate of drug-likeness (QED) is 0.511. The van der Waals surface area contributed by atoms with E-state index >= 15 is 0 Å². The minimum absolute atomic E-state index is 0.0893. The van der Waals surface area contributed by atoms with Crippen LogP contribution in [0.5, 0.6) is 5.75 Å². The van der Waals surface area contributed by atoms with E-state index in [9.17, 15) is 4.79 Å². The smallest absolute Gasteiger partial charge is 0.234 e. The van der Waals surface area contributed by atoms with E-state index < -0.39 is 0 Å². The second-order valence-electron chi connectivity index (χ2n) is 5.41. The van der Waals surface area contributed by atoms with Crippen LogP contribution in [0.15, 0.2) is 35.6 Å². The molecule has 0 unspecified atom stereocenters. The lowest BCUT2D eigenvalue weighted by Crippen LogP contribution is -2.15. The topological polar surface area (TPSA) is 64.1 Å². The average molecular weight is 374 g/mol. The Balaban J connectivity index is 1.71. The number of amides is 1. The second kappa shape index (κ2) is 7.84. The number of carbonyl (C=O) groups is 1. The van der Waals surface area contributed by atoms with Gasteiger partial charge in [-0.3, -0.25) is 4.79 Å². The van der Waals surface area contributed by atoms with Crippen molar-refractivity contribution in [3.8, 4) is 5.75 Å². The number of thiophene rings is 1. The zero-order chi connectivity index (χ0) is 17.8. The highest BCUT2D eigenvalue weighted by Crippen LogP contribution is 2.34. The Bertz CT molecular complexity index is 908. The molecule has 0 spiro atoms. The fourth-order valence-electron chi connectivity index (χ4n) is 2.43. The molecular weight excluding hydrogens is 354 g/mol. The molecule has 130 valence electrons. The van der Waals surface area contributed by atoms with Crippen molar-refractivity contribution in [3.05, 3.63) is 41.0 Å². The van der Waals surface area contributed by atoms with Gasteiger partial charge in [0.05, 0.1) is 18.0 Å². The van der Waals surface area contributed by atoms with Crippen LogP contribution in [0.25, 0.3) is 10.2 Å². The fourth-order valence-corrected chi connectivity index (χ4v) is 4.35. The molecule has 3 rings (SSSR count). The van der Waals surface area contributed by atoms with Crippen molar-refractivity contribution >= 4 is 44.9 Å². The van der Waals surface area contributed by atoms with Gasteiger partial charge in [0.2, 0.25) is 5.91 Å². The first-order valence-electron chi connectivity index (χ1n) is 7.95. The highest BCUT2D eigenvalue weighted by atomic mass is 32.2. The summed E-state index contributed by atoms with van der Waals surface area (Å²) in [4.78, 5) is 23.2. The molecule has 0 fully saturated rings. The number of hydrogen-bond donors (Lipinski definition) is 1. The molecule has 0 atom stereocenters. The number of hydrogen-bond acceptors (Lipinski definition) is 6. The summed E-state index contributed by atoms with van der Waals surface area (Å²) in [5.41, 5.74) is 1.87. The largest absolute Gasteiger partial charge is 0.492 e. The normalized spacial score (nSPS) is 10.8. The van der Waals surface area contributed by atoms with Crippen LogP contribution in [0.4, 0.5) is 5.69 Å². The Morgan fingerprint density at radius 1 is 1.28 bits per heavy atom. The lowest BCUT2D eigenvalue weighted by molar-refractivity contribution is -0.113. The van der Waals surface area contributed by atoms with Gasteiger partial charge in [0, 0.05) is 10.3 Å². The van der Waals surface area contributed by atoms with Crippen LogP contribution in [-0.4, -0.2) is 28.2 Å². The van der Waals surface area contributed by atoms with E-state index in [1.165, 1.54) is 22.2 Å². The van der Waals surface area contributed by atoms with Gasteiger partial charge in [0.1, 0.15) is 21.9 Å². The second-order valence-corrected chi connectivity index (χ2v) is 7.58. The van der Waals surface area contributed by atoms with E-state index in [1.54, 1.807) is 17.7 Å². The van der Waals surface area contributed by atoms with Crippen molar-refractivity contribution in [2.75, 3.05) is 17.7 Å². The fraction of sp³-hybridized carbons (Fsp3) is 0.278. The zero-order valence-electron chi connectivity index (χ0n) is 14.3. The summed E-state index contributed by atoms with van der Waals surface area (Å²) in [6, 6.07) is 7.44. The molecule has 7 heteroatoms. The Morgan fingerprint density at radius 2 is 2.08 bits per heavy atom. The number of nitrogens with one attached hydrogen (secondary N) is 1. The molecule has 0 aliphatic rings. The number of rotatable bonds is 6. The summed E-state index contributed by atoms with van der Waals surface area (Å²) in [5, 5.41) is 4.81. The third-order valence-electron chi connectivity index (χ3n) is 3.73. The van der Waals surface area contributed by atoms with E-state index in [2.05, 4.69) is 29.1 Å². The lowest BCUT2D eigenvalue weighted by Gasteiger charge is -2.11. The third kappa shape index (κ3) is 3.93. The molecule has 0 aliphatic carbocycles. The Kier molecular flexibility index (Phi) is 5.55. The van der Waals surface area contributed by atoms with Gasteiger partial charge in [0.25, 0.3) is 0 Å². The first-order valence-corrected chi connectivity index (χ1v) is 9.75. The monoisotopic (exact) mass is 373 g/mol. The summed E-state index contributed by atoms with van der Waals surface area (Å²) >= 11 is 3.08. The van der Waals surface area contributed by atoms with Gasteiger partial charge >= 0.3 is 0 Å². The maximum absolute atomic E-state index is 12.3. The van der Waals surface area contributed by atoms with Crippen molar-refractivity contribution in [1.82, 2.24) is 9.97 Å². The van der Waals surface area contributed by atoms with Gasteiger partial charge in [0.15, 0.2) is 0 Å². The van der Waals surface area contributed by atoms with Gasteiger partial charge in [-0.2, -0.15) is 0 Å². The van der Waals surface area contributed by atoms with Gasteiger partial charge in [-0.25, -0.2) is 9.97 Å². The predicted molar refractivity (Wildman–Crippen MR) is 104 cm³/mol. The molecule has 1 aromatic carbocycles. The molecule has 3 aromatic rings. The summed E-state index contributed by atoms with van der Waals surface area (Å²) in [6.07, 6.45) is 1.56. The van der Waals surface area contributed by atoms with E-state index in [-0.39, 0.29) is 11.7 Å². The number of carbonyl (C=O) groups excluding carboxylic acids is 1. The first-order chi connectivity index (χ1) is 12.1. The maximum atomic E-state index is 12.3. The summed E-state index contributed by atoms with van der Waals surface area (Å²) in [7, 11) is 0. The van der Waals surface area contributed by atoms with Crippen LogP contribution in [0, 0.1) is 13.8 Å². The average Bonchev–Trinajstić information content (AvgIpc) is 2.90. The molecule has 0 saturated carbocycles. The zero-order valence-corrected chi connectivity index (χ0v) is 16.0. The first kappa shape index (κ1) is 17.7. The summed E-state index contributed by atoms with van der Waals surface area (Å²) < 4.78 is 5.54. The van der Waals surface area contributed by atoms with E-state index in [4.69, 9.17) is 4.74 Å². The Morgan fingerprint density at radius 3 is 2.88 bits per heavy atom. The van der Waals surface area contributed by atoms with Crippen LogP contribution < -0.4 is 10.1 Å². The van der Waals surface area contributed by atoms with E-state index in [0.717, 1.165) is 15.2 Å². The molecule has 2 heterocycles. The Hall–Kier alpha value is -2.12. The van der Waals surface area contributed by atoms with Crippen molar-refractivity contribution in [1.29, 1.82) is 0 Å². The molecule has 25 heavy (non-hydrogen) atoms. The summed E-state index contributed by atoms with van der Waals surface area (Å²) in [5.74, 6) is 0.867. The number of para-hydroxylation sites is 2. The van der Waals surface area contributed by atoms with Crippen LogP contribution in [0.1, 0.15) is 17.4 Å². The SMILES string of the molecule is CCOc1ccccc1NC(=O)CSc1ncnc2sc(C)c(C)c12. The molecule has 0 bridgehead atoms. The minimum Gasteiger partial charge on any atom is -0.492 e. The van der Waals surface area contributed by atoms with Gasteiger partial charge in [-0.1, -0.05) is 23.9 Å². The van der Waals surface area contributed by atoms with Crippen LogP contribution in [0.3, 0.4) is 0 Å². The lowest BCUT2D eigenvalue weighted by atomic mass is 10.2. The van der Waals surface area contributed by atoms with Gasteiger partial charge in [-0.15, -0.1) is 11.3 Å². The number of benzene rings is 1. The standard InChI is InChI=1S/C18H19N3O2S2/c1-4-23-14-8-6-5-7-13(14)21-15(22)9-24-17-16-11(2)12(3)25-18(16)20-10-19-17/h5-8,10H,4,9H2,1-3H3,(H,21,22). The molecular formula is C18H19N3O2S2. The molecule has 0 aliphatic heterocycles. The van der Waals surface area contributed by atoms with Crippen LogP contribution >= 0.6 is 23.1 Å². The molecule has 1 amide bonds. The number of fused-ring (bicyclic) bond motifs is 1. The molecule has 0 radical (unpaired) electrons. The predicted octanol–water partition coefficient (Wildman–Crippen LogP) is 4.44. The number of aromatic nitrogens is 2. The maximum Gasteiger partial charge on any atom is 0.234 e. The van der Waals surface area contributed by atoms with Gasteiger partial charge in [-0.05, 0) is 38.5 Å². The Labute approximate surface area is 154 Å². The highest BCUT2D eigenvalue weighted by molar-refractivity contribution is 8.00. The molecule has 5 nitrogen and oxygen atoms in total. The summed E-state index contributed by atoms with van der Waals surface area (Å²) in [6.45, 7) is 6.62. The van der Waals surface area contributed by atoms with E-state index in [0.29, 0.717) is 18.0 Å². The highest BCUT2D eigenvalue weighted by Gasteiger charge is 2.14. The minimum atomic E-state index is -0.0893.